The molecule has 0 heterocycles. The van der Waals surface area contributed by atoms with Crippen LogP contribution in [0.1, 0.15) is 31.9 Å². The molecule has 0 aliphatic carbocycles. The van der Waals surface area contributed by atoms with E-state index in [0.29, 0.717) is 12.5 Å². The van der Waals surface area contributed by atoms with Gasteiger partial charge in [0.2, 0.25) is 0 Å². The number of nitrogens with two attached hydrogens (primary N) is 1. The van der Waals surface area contributed by atoms with E-state index >= 15 is 0 Å². The minimum absolute atomic E-state index is 0.161. The van der Waals surface area contributed by atoms with Crippen molar-refractivity contribution in [3.05, 3.63) is 59.7 Å². The third-order valence-corrected chi connectivity index (χ3v) is 3.59. The fraction of sp³-hybridized carbons (Fsp3) is 0.316. The topological polar surface area (TPSA) is 59.6 Å². The maximum Gasteiger partial charge on any atom is 0.193 e. The van der Waals surface area contributed by atoms with Gasteiger partial charge < -0.3 is 15.8 Å². The van der Waals surface area contributed by atoms with Crippen LogP contribution in [0.5, 0.6) is 5.75 Å². The lowest BCUT2D eigenvalue weighted by Gasteiger charge is -2.18. The summed E-state index contributed by atoms with van der Waals surface area (Å²) in [5.41, 5.74) is 9.40. The van der Waals surface area contributed by atoms with Crippen LogP contribution in [0.25, 0.3) is 0 Å². The summed E-state index contributed by atoms with van der Waals surface area (Å²) >= 11 is 0. The van der Waals surface area contributed by atoms with Gasteiger partial charge in [-0.25, -0.2) is 4.99 Å². The molecule has 2 aromatic rings. The number of rotatable bonds is 4. The Balaban J connectivity index is 1.99. The quantitative estimate of drug-likeness (QED) is 0.664. The first-order valence-electron chi connectivity index (χ1n) is 7.69. The van der Waals surface area contributed by atoms with Crippen molar-refractivity contribution in [2.24, 2.45) is 10.7 Å². The molecule has 23 heavy (non-hydrogen) atoms. The summed E-state index contributed by atoms with van der Waals surface area (Å²) < 4.78 is 5.18. The van der Waals surface area contributed by atoms with Crippen molar-refractivity contribution < 1.29 is 4.74 Å². The standard InChI is InChI=1S/C19H25N3O/c1-19(2,3)15-10-8-14(9-11-15)13-21-18(20)22-16-6-5-7-17(12-16)23-4/h5-12H,13H2,1-4H3,(H3,20,21,22). The first-order valence-corrected chi connectivity index (χ1v) is 7.69. The van der Waals surface area contributed by atoms with E-state index in [4.69, 9.17) is 10.5 Å². The molecule has 4 heteroatoms. The molecule has 0 bridgehead atoms. The van der Waals surface area contributed by atoms with Crippen LogP contribution in [0, 0.1) is 0 Å². The van der Waals surface area contributed by atoms with E-state index in [1.165, 1.54) is 5.56 Å². The second kappa shape index (κ2) is 7.18. The predicted octanol–water partition coefficient (Wildman–Crippen LogP) is 3.92. The number of nitrogens with one attached hydrogen (secondary N) is 1. The Labute approximate surface area is 138 Å². The Morgan fingerprint density at radius 1 is 1.13 bits per heavy atom. The van der Waals surface area contributed by atoms with Crippen molar-refractivity contribution >= 4 is 11.6 Å². The first-order chi connectivity index (χ1) is 10.9. The Hall–Kier alpha value is -2.49. The molecule has 0 atom stereocenters. The molecule has 4 nitrogen and oxygen atoms in total. The monoisotopic (exact) mass is 311 g/mol. The van der Waals surface area contributed by atoms with Gasteiger partial charge in [0.15, 0.2) is 5.96 Å². The average molecular weight is 311 g/mol. The van der Waals surface area contributed by atoms with Gasteiger partial charge in [0.05, 0.1) is 13.7 Å². The zero-order chi connectivity index (χ0) is 16.9. The second-order valence-electron chi connectivity index (χ2n) is 6.51. The average Bonchev–Trinajstić information content (AvgIpc) is 2.52. The number of nitrogens with zero attached hydrogens (tertiary/aromatic N) is 1. The van der Waals surface area contributed by atoms with Gasteiger partial charge in [0.25, 0.3) is 0 Å². The molecule has 0 aliphatic rings. The molecule has 0 aliphatic heterocycles. The van der Waals surface area contributed by atoms with Crippen molar-refractivity contribution in [2.75, 3.05) is 12.4 Å². The van der Waals surface area contributed by atoms with Crippen LogP contribution in [-0.4, -0.2) is 13.1 Å². The van der Waals surface area contributed by atoms with Crippen LogP contribution >= 0.6 is 0 Å². The molecule has 0 amide bonds. The second-order valence-corrected chi connectivity index (χ2v) is 6.51. The van der Waals surface area contributed by atoms with E-state index in [1.807, 2.05) is 24.3 Å². The maximum absolute atomic E-state index is 5.94. The molecule has 0 radical (unpaired) electrons. The third kappa shape index (κ3) is 5.02. The molecule has 0 spiro atoms. The molecular formula is C19H25N3O. The van der Waals surface area contributed by atoms with Gasteiger partial charge in [-0.05, 0) is 28.7 Å². The van der Waals surface area contributed by atoms with Gasteiger partial charge in [-0.1, -0.05) is 51.1 Å². The summed E-state index contributed by atoms with van der Waals surface area (Å²) in [5, 5.41) is 3.07. The largest absolute Gasteiger partial charge is 0.497 e. The van der Waals surface area contributed by atoms with E-state index in [9.17, 15) is 0 Å². The van der Waals surface area contributed by atoms with E-state index < -0.39 is 0 Å². The van der Waals surface area contributed by atoms with Crippen molar-refractivity contribution in [1.29, 1.82) is 0 Å². The lowest BCUT2D eigenvalue weighted by Crippen LogP contribution is -2.22. The Bertz CT molecular complexity index is 670. The van der Waals surface area contributed by atoms with Gasteiger partial charge in [0, 0.05) is 11.8 Å². The molecular weight excluding hydrogens is 286 g/mol. The summed E-state index contributed by atoms with van der Waals surface area (Å²) in [5.74, 6) is 1.17. The predicted molar refractivity (Wildman–Crippen MR) is 97.1 cm³/mol. The highest BCUT2D eigenvalue weighted by molar-refractivity contribution is 5.92. The molecule has 0 saturated heterocycles. The van der Waals surface area contributed by atoms with E-state index in [2.05, 4.69) is 55.3 Å². The number of benzene rings is 2. The zero-order valence-electron chi connectivity index (χ0n) is 14.3. The number of hydrogen-bond acceptors (Lipinski definition) is 2. The molecule has 0 saturated carbocycles. The van der Waals surface area contributed by atoms with Gasteiger partial charge in [-0.3, -0.25) is 0 Å². The summed E-state index contributed by atoms with van der Waals surface area (Å²) in [6.45, 7) is 7.16. The van der Waals surface area contributed by atoms with Gasteiger partial charge in [-0.2, -0.15) is 0 Å². The first kappa shape index (κ1) is 16.9. The van der Waals surface area contributed by atoms with Crippen molar-refractivity contribution in [2.45, 2.75) is 32.7 Å². The summed E-state index contributed by atoms with van der Waals surface area (Å²) in [6.07, 6.45) is 0. The van der Waals surface area contributed by atoms with Gasteiger partial charge >= 0.3 is 0 Å². The van der Waals surface area contributed by atoms with Crippen molar-refractivity contribution in [3.63, 3.8) is 0 Å². The number of aliphatic imine (C=N–C) groups is 1. The number of methoxy groups -OCH3 is 1. The van der Waals surface area contributed by atoms with E-state index in [-0.39, 0.29) is 5.41 Å². The molecule has 0 fully saturated rings. The summed E-state index contributed by atoms with van der Waals surface area (Å²) in [6, 6.07) is 16.1. The molecule has 3 N–H and O–H groups in total. The lowest BCUT2D eigenvalue weighted by atomic mass is 9.87. The molecule has 0 aromatic heterocycles. The van der Waals surface area contributed by atoms with Crippen LogP contribution < -0.4 is 15.8 Å². The Morgan fingerprint density at radius 2 is 1.83 bits per heavy atom. The number of hydrogen-bond donors (Lipinski definition) is 2. The zero-order valence-corrected chi connectivity index (χ0v) is 14.3. The highest BCUT2D eigenvalue weighted by Gasteiger charge is 2.12. The molecule has 122 valence electrons. The van der Waals surface area contributed by atoms with E-state index in [0.717, 1.165) is 17.0 Å². The Kier molecular flexibility index (Phi) is 5.27. The minimum Gasteiger partial charge on any atom is -0.497 e. The number of anilines is 1. The smallest absolute Gasteiger partial charge is 0.193 e. The number of guanidine groups is 1. The third-order valence-electron chi connectivity index (χ3n) is 3.59. The van der Waals surface area contributed by atoms with Gasteiger partial charge in [-0.15, -0.1) is 0 Å². The van der Waals surface area contributed by atoms with Gasteiger partial charge in [0.1, 0.15) is 5.75 Å². The van der Waals surface area contributed by atoms with Crippen LogP contribution in [0.4, 0.5) is 5.69 Å². The highest BCUT2D eigenvalue weighted by Crippen LogP contribution is 2.22. The minimum atomic E-state index is 0.161. The van der Waals surface area contributed by atoms with Crippen molar-refractivity contribution in [1.82, 2.24) is 0 Å². The summed E-state index contributed by atoms with van der Waals surface area (Å²) in [4.78, 5) is 4.38. The van der Waals surface area contributed by atoms with Crippen molar-refractivity contribution in [3.8, 4) is 5.75 Å². The lowest BCUT2D eigenvalue weighted by molar-refractivity contribution is 0.415. The molecule has 2 rings (SSSR count). The fourth-order valence-electron chi connectivity index (χ4n) is 2.17. The molecule has 2 aromatic carbocycles. The fourth-order valence-corrected chi connectivity index (χ4v) is 2.17. The molecule has 0 unspecified atom stereocenters. The van der Waals surface area contributed by atoms with Crippen LogP contribution in [0.2, 0.25) is 0 Å². The van der Waals surface area contributed by atoms with Crippen LogP contribution in [-0.2, 0) is 12.0 Å². The Morgan fingerprint density at radius 3 is 2.43 bits per heavy atom. The highest BCUT2D eigenvalue weighted by atomic mass is 16.5. The maximum atomic E-state index is 5.94. The SMILES string of the molecule is COc1cccc(NC(N)=NCc2ccc(C(C)(C)C)cc2)c1. The van der Waals surface area contributed by atoms with Crippen LogP contribution in [0.3, 0.4) is 0 Å². The normalized spacial score (nSPS) is 12.1. The van der Waals surface area contributed by atoms with Crippen LogP contribution in [0.15, 0.2) is 53.5 Å². The summed E-state index contributed by atoms with van der Waals surface area (Å²) in [7, 11) is 1.64. The number of ether oxygens (including phenoxy) is 1. The van der Waals surface area contributed by atoms with E-state index in [1.54, 1.807) is 7.11 Å².